The Kier molecular flexibility index (Phi) is 4.90. The van der Waals surface area contributed by atoms with Crippen LogP contribution in [0.15, 0.2) is 24.3 Å². The van der Waals surface area contributed by atoms with Gasteiger partial charge in [0.2, 0.25) is 0 Å². The maximum Gasteiger partial charge on any atom is 0.170 e. The van der Waals surface area contributed by atoms with E-state index in [0.717, 1.165) is 38.1 Å². The second kappa shape index (κ2) is 6.66. The van der Waals surface area contributed by atoms with Crippen LogP contribution >= 0.6 is 12.2 Å². The first kappa shape index (κ1) is 13.2. The SMILES string of the molecule is Fc1ccc(NC(=S)NCCC2CCCO2)cc1. The van der Waals surface area contributed by atoms with E-state index in [2.05, 4.69) is 10.6 Å². The third-order valence-corrected chi connectivity index (χ3v) is 3.12. The van der Waals surface area contributed by atoms with Crippen molar-refractivity contribution in [3.05, 3.63) is 30.1 Å². The lowest BCUT2D eigenvalue weighted by atomic mass is 10.2. The first-order valence-corrected chi connectivity index (χ1v) is 6.57. The zero-order valence-corrected chi connectivity index (χ0v) is 10.9. The number of ether oxygens (including phenoxy) is 1. The first-order chi connectivity index (χ1) is 8.74. The molecule has 1 aromatic carbocycles. The van der Waals surface area contributed by atoms with E-state index in [1.165, 1.54) is 12.1 Å². The first-order valence-electron chi connectivity index (χ1n) is 6.16. The minimum Gasteiger partial charge on any atom is -0.378 e. The van der Waals surface area contributed by atoms with Crippen LogP contribution in [0.1, 0.15) is 19.3 Å². The van der Waals surface area contributed by atoms with Crippen LogP contribution in [0, 0.1) is 5.82 Å². The molecule has 1 fully saturated rings. The minimum atomic E-state index is -0.252. The van der Waals surface area contributed by atoms with E-state index in [-0.39, 0.29) is 5.82 Å². The summed E-state index contributed by atoms with van der Waals surface area (Å²) >= 11 is 5.15. The van der Waals surface area contributed by atoms with Crippen LogP contribution in [-0.2, 0) is 4.74 Å². The monoisotopic (exact) mass is 268 g/mol. The summed E-state index contributed by atoms with van der Waals surface area (Å²) in [6.45, 7) is 1.67. The van der Waals surface area contributed by atoms with E-state index in [1.807, 2.05) is 0 Å². The summed E-state index contributed by atoms with van der Waals surface area (Å²) in [4.78, 5) is 0. The summed E-state index contributed by atoms with van der Waals surface area (Å²) in [6, 6.07) is 6.11. The highest BCUT2D eigenvalue weighted by Gasteiger charge is 2.14. The van der Waals surface area contributed by atoms with Gasteiger partial charge >= 0.3 is 0 Å². The smallest absolute Gasteiger partial charge is 0.170 e. The fourth-order valence-electron chi connectivity index (χ4n) is 1.93. The summed E-state index contributed by atoms with van der Waals surface area (Å²) in [6.07, 6.45) is 3.62. The van der Waals surface area contributed by atoms with E-state index >= 15 is 0 Å². The van der Waals surface area contributed by atoms with Gasteiger partial charge in [-0.05, 0) is 55.7 Å². The van der Waals surface area contributed by atoms with Crippen molar-refractivity contribution >= 4 is 23.0 Å². The van der Waals surface area contributed by atoms with Gasteiger partial charge < -0.3 is 15.4 Å². The maximum atomic E-state index is 12.7. The summed E-state index contributed by atoms with van der Waals surface area (Å²) in [5.74, 6) is -0.252. The normalized spacial score (nSPS) is 18.6. The van der Waals surface area contributed by atoms with Crippen LogP contribution in [0.2, 0.25) is 0 Å². The molecular formula is C13H17FN2OS. The third-order valence-electron chi connectivity index (χ3n) is 2.88. The largest absolute Gasteiger partial charge is 0.378 e. The molecule has 0 saturated carbocycles. The summed E-state index contributed by atoms with van der Waals surface area (Å²) in [5, 5.41) is 6.68. The Hall–Kier alpha value is -1.20. The van der Waals surface area contributed by atoms with Crippen molar-refractivity contribution in [2.24, 2.45) is 0 Å². The summed E-state index contributed by atoms with van der Waals surface area (Å²) in [7, 11) is 0. The van der Waals surface area contributed by atoms with Crippen LogP contribution in [0.4, 0.5) is 10.1 Å². The average molecular weight is 268 g/mol. The zero-order valence-electron chi connectivity index (χ0n) is 10.1. The molecule has 1 aliphatic heterocycles. The predicted octanol–water partition coefficient (Wildman–Crippen LogP) is 2.68. The molecule has 1 atom stereocenters. The van der Waals surface area contributed by atoms with Gasteiger partial charge in [-0.1, -0.05) is 0 Å². The second-order valence-electron chi connectivity index (χ2n) is 4.31. The van der Waals surface area contributed by atoms with Crippen LogP contribution in [-0.4, -0.2) is 24.4 Å². The van der Waals surface area contributed by atoms with Crippen molar-refractivity contribution in [1.29, 1.82) is 0 Å². The lowest BCUT2D eigenvalue weighted by Crippen LogP contribution is -2.30. The van der Waals surface area contributed by atoms with Crippen LogP contribution in [0.25, 0.3) is 0 Å². The number of hydrogen-bond acceptors (Lipinski definition) is 2. The molecule has 0 aliphatic carbocycles. The van der Waals surface area contributed by atoms with E-state index < -0.39 is 0 Å². The molecule has 1 unspecified atom stereocenters. The van der Waals surface area contributed by atoms with Gasteiger partial charge in [0.15, 0.2) is 5.11 Å². The minimum absolute atomic E-state index is 0.252. The molecule has 0 amide bonds. The lowest BCUT2D eigenvalue weighted by molar-refractivity contribution is 0.105. The molecule has 0 bridgehead atoms. The second-order valence-corrected chi connectivity index (χ2v) is 4.72. The molecule has 1 aliphatic rings. The molecule has 5 heteroatoms. The number of hydrogen-bond donors (Lipinski definition) is 2. The van der Waals surface area contributed by atoms with Gasteiger partial charge in [0, 0.05) is 18.8 Å². The molecule has 1 saturated heterocycles. The number of rotatable bonds is 4. The van der Waals surface area contributed by atoms with Crippen molar-refractivity contribution in [1.82, 2.24) is 5.32 Å². The molecule has 1 heterocycles. The Morgan fingerprint density at radius 2 is 2.17 bits per heavy atom. The van der Waals surface area contributed by atoms with Crippen molar-refractivity contribution in [2.75, 3.05) is 18.5 Å². The third kappa shape index (κ3) is 4.23. The standard InChI is InChI=1S/C13H17FN2OS/c14-10-3-5-11(6-4-10)16-13(18)15-8-7-12-2-1-9-17-12/h3-6,12H,1-2,7-9H2,(H2,15,16,18). The van der Waals surface area contributed by atoms with Crippen LogP contribution < -0.4 is 10.6 Å². The quantitative estimate of drug-likeness (QED) is 0.823. The van der Waals surface area contributed by atoms with Crippen molar-refractivity contribution < 1.29 is 9.13 Å². The Bertz CT molecular complexity index is 390. The number of benzene rings is 1. The Labute approximate surface area is 112 Å². The number of halogens is 1. The fourth-order valence-corrected chi connectivity index (χ4v) is 2.15. The van der Waals surface area contributed by atoms with Crippen molar-refractivity contribution in [2.45, 2.75) is 25.4 Å². The van der Waals surface area contributed by atoms with Gasteiger partial charge in [0.1, 0.15) is 5.82 Å². The van der Waals surface area contributed by atoms with Gasteiger partial charge in [0.05, 0.1) is 6.10 Å². The molecule has 2 N–H and O–H groups in total. The maximum absolute atomic E-state index is 12.7. The average Bonchev–Trinajstić information content (AvgIpc) is 2.85. The van der Waals surface area contributed by atoms with Crippen molar-refractivity contribution in [3.8, 4) is 0 Å². The number of nitrogens with one attached hydrogen (secondary N) is 2. The van der Waals surface area contributed by atoms with Gasteiger partial charge in [-0.15, -0.1) is 0 Å². The molecular weight excluding hydrogens is 251 g/mol. The summed E-state index contributed by atoms with van der Waals surface area (Å²) in [5.41, 5.74) is 0.783. The van der Waals surface area contributed by atoms with Crippen molar-refractivity contribution in [3.63, 3.8) is 0 Å². The lowest BCUT2D eigenvalue weighted by Gasteiger charge is -2.13. The Morgan fingerprint density at radius 1 is 1.39 bits per heavy atom. The Morgan fingerprint density at radius 3 is 2.83 bits per heavy atom. The molecule has 0 radical (unpaired) electrons. The Balaban J connectivity index is 1.66. The van der Waals surface area contributed by atoms with Gasteiger partial charge in [-0.2, -0.15) is 0 Å². The van der Waals surface area contributed by atoms with E-state index in [9.17, 15) is 4.39 Å². The molecule has 0 aromatic heterocycles. The molecule has 0 spiro atoms. The number of thiocarbonyl (C=S) groups is 1. The van der Waals surface area contributed by atoms with Crippen LogP contribution in [0.5, 0.6) is 0 Å². The molecule has 18 heavy (non-hydrogen) atoms. The molecule has 1 aromatic rings. The molecule has 98 valence electrons. The highest BCUT2D eigenvalue weighted by molar-refractivity contribution is 7.80. The molecule has 2 rings (SSSR count). The van der Waals surface area contributed by atoms with Gasteiger partial charge in [-0.3, -0.25) is 0 Å². The highest BCUT2D eigenvalue weighted by atomic mass is 32.1. The highest BCUT2D eigenvalue weighted by Crippen LogP contribution is 2.14. The van der Waals surface area contributed by atoms with Gasteiger partial charge in [0.25, 0.3) is 0 Å². The number of anilines is 1. The van der Waals surface area contributed by atoms with E-state index in [0.29, 0.717) is 11.2 Å². The topological polar surface area (TPSA) is 33.3 Å². The van der Waals surface area contributed by atoms with Crippen LogP contribution in [0.3, 0.4) is 0 Å². The zero-order chi connectivity index (χ0) is 12.8. The van der Waals surface area contributed by atoms with E-state index in [4.69, 9.17) is 17.0 Å². The predicted molar refractivity (Wildman–Crippen MR) is 74.2 cm³/mol. The fraction of sp³-hybridized carbons (Fsp3) is 0.462. The van der Waals surface area contributed by atoms with Gasteiger partial charge in [-0.25, -0.2) is 4.39 Å². The van der Waals surface area contributed by atoms with E-state index in [1.54, 1.807) is 12.1 Å². The summed E-state index contributed by atoms with van der Waals surface area (Å²) < 4.78 is 18.2. The molecule has 3 nitrogen and oxygen atoms in total.